The first kappa shape index (κ1) is 9.40. The molecule has 2 aromatic rings. The van der Waals surface area contributed by atoms with Gasteiger partial charge in [-0.15, -0.1) is 0 Å². The van der Waals surface area contributed by atoms with Crippen LogP contribution in [0.25, 0.3) is 11.1 Å². The molecule has 0 atom stereocenters. The Kier molecular flexibility index (Phi) is 2.21. The lowest BCUT2D eigenvalue weighted by atomic mass is 10.0. The Balaban J connectivity index is 2.60. The first-order valence-electron chi connectivity index (χ1n) is 4.62. The van der Waals surface area contributed by atoms with Crippen LogP contribution >= 0.6 is 0 Å². The summed E-state index contributed by atoms with van der Waals surface area (Å²) >= 11 is 0. The molecule has 0 unspecified atom stereocenters. The second kappa shape index (κ2) is 3.53. The van der Waals surface area contributed by atoms with Crippen molar-refractivity contribution in [1.29, 1.82) is 0 Å². The fourth-order valence-electron chi connectivity index (χ4n) is 1.47. The van der Waals surface area contributed by atoms with Crippen LogP contribution in [0.3, 0.4) is 0 Å². The van der Waals surface area contributed by atoms with Gasteiger partial charge >= 0.3 is 0 Å². The van der Waals surface area contributed by atoms with Crippen LogP contribution in [0.5, 0.6) is 5.75 Å². The molecule has 15 heavy (non-hydrogen) atoms. The Hall–Kier alpha value is -2.16. The third-order valence-corrected chi connectivity index (χ3v) is 2.34. The zero-order valence-corrected chi connectivity index (χ0v) is 8.14. The molecule has 0 aromatic heterocycles. The molecule has 0 amide bonds. The Morgan fingerprint density at radius 3 is 2.20 bits per heavy atom. The smallest absolute Gasteiger partial charge is 0.148 e. The number of rotatable bonds is 1. The summed E-state index contributed by atoms with van der Waals surface area (Å²) in [5, 5.41) is 9.83. The van der Waals surface area contributed by atoms with Gasteiger partial charge in [-0.05, 0) is 17.7 Å². The fraction of sp³-hybridized carbons (Fsp3) is 0. The summed E-state index contributed by atoms with van der Waals surface area (Å²) < 4.78 is 0. The number of phenols is 1. The standard InChI is InChI=1S/C12H12N2O/c13-10-7-6-9(12(15)11(10)14)8-4-2-1-3-5-8/h1-7,15H,13-14H2. The van der Waals surface area contributed by atoms with Crippen molar-refractivity contribution in [2.75, 3.05) is 11.5 Å². The van der Waals surface area contributed by atoms with Gasteiger partial charge < -0.3 is 16.6 Å². The molecule has 5 N–H and O–H groups in total. The lowest BCUT2D eigenvalue weighted by molar-refractivity contribution is 0.480. The number of hydrogen-bond donors (Lipinski definition) is 3. The highest BCUT2D eigenvalue weighted by atomic mass is 16.3. The number of aromatic hydroxyl groups is 1. The second-order valence-electron chi connectivity index (χ2n) is 3.33. The fourth-order valence-corrected chi connectivity index (χ4v) is 1.47. The first-order chi connectivity index (χ1) is 7.20. The van der Waals surface area contributed by atoms with Crippen LogP contribution in [0.2, 0.25) is 0 Å². The average Bonchev–Trinajstić information content (AvgIpc) is 2.27. The first-order valence-corrected chi connectivity index (χ1v) is 4.62. The van der Waals surface area contributed by atoms with Crippen LogP contribution in [0.4, 0.5) is 11.4 Å². The van der Waals surface area contributed by atoms with Crippen molar-refractivity contribution in [3.8, 4) is 16.9 Å². The van der Waals surface area contributed by atoms with Crippen LogP contribution in [0, 0.1) is 0 Å². The summed E-state index contributed by atoms with van der Waals surface area (Å²) in [5.74, 6) is 0.0428. The summed E-state index contributed by atoms with van der Waals surface area (Å²) in [6.45, 7) is 0. The van der Waals surface area contributed by atoms with E-state index in [0.717, 1.165) is 5.56 Å². The molecule has 76 valence electrons. The van der Waals surface area contributed by atoms with E-state index in [9.17, 15) is 5.11 Å². The molecule has 3 nitrogen and oxygen atoms in total. The Morgan fingerprint density at radius 1 is 0.867 bits per heavy atom. The SMILES string of the molecule is Nc1ccc(-c2ccccc2)c(O)c1N. The van der Waals surface area contributed by atoms with Crippen molar-refractivity contribution < 1.29 is 5.11 Å². The van der Waals surface area contributed by atoms with Crippen LogP contribution in [0.15, 0.2) is 42.5 Å². The number of benzene rings is 2. The van der Waals surface area contributed by atoms with Gasteiger partial charge in [0.05, 0.1) is 11.4 Å². The zero-order valence-electron chi connectivity index (χ0n) is 8.14. The maximum atomic E-state index is 9.83. The molecule has 2 aromatic carbocycles. The highest BCUT2D eigenvalue weighted by molar-refractivity contribution is 5.83. The van der Waals surface area contributed by atoms with Gasteiger partial charge in [-0.1, -0.05) is 30.3 Å². The quantitative estimate of drug-likeness (QED) is 0.488. The van der Waals surface area contributed by atoms with Crippen molar-refractivity contribution >= 4 is 11.4 Å². The molecule has 2 rings (SSSR count). The topological polar surface area (TPSA) is 72.3 Å². The summed E-state index contributed by atoms with van der Waals surface area (Å²) in [7, 11) is 0. The summed E-state index contributed by atoms with van der Waals surface area (Å²) in [6.07, 6.45) is 0. The van der Waals surface area contributed by atoms with Crippen molar-refractivity contribution in [1.82, 2.24) is 0 Å². The molecule has 0 saturated heterocycles. The van der Waals surface area contributed by atoms with Gasteiger partial charge in [-0.2, -0.15) is 0 Å². The van der Waals surface area contributed by atoms with Crippen molar-refractivity contribution in [3.63, 3.8) is 0 Å². The Morgan fingerprint density at radius 2 is 1.53 bits per heavy atom. The van der Waals surface area contributed by atoms with E-state index in [0.29, 0.717) is 11.3 Å². The summed E-state index contributed by atoms with van der Waals surface area (Å²) in [6, 6.07) is 13.0. The van der Waals surface area contributed by atoms with Crippen LogP contribution in [-0.4, -0.2) is 5.11 Å². The van der Waals surface area contributed by atoms with E-state index < -0.39 is 0 Å². The van der Waals surface area contributed by atoms with E-state index in [1.165, 1.54) is 0 Å². The minimum Gasteiger partial charge on any atom is -0.505 e. The maximum Gasteiger partial charge on any atom is 0.148 e. The van der Waals surface area contributed by atoms with Gasteiger partial charge in [-0.25, -0.2) is 0 Å². The Bertz CT molecular complexity index is 480. The molecular weight excluding hydrogens is 188 g/mol. The minimum absolute atomic E-state index is 0.0428. The lowest BCUT2D eigenvalue weighted by Crippen LogP contribution is -1.95. The van der Waals surface area contributed by atoms with E-state index in [2.05, 4.69) is 0 Å². The van der Waals surface area contributed by atoms with E-state index >= 15 is 0 Å². The molecule has 3 heteroatoms. The van der Waals surface area contributed by atoms with Crippen LogP contribution < -0.4 is 11.5 Å². The molecule has 0 aliphatic heterocycles. The number of nitrogens with two attached hydrogens (primary N) is 2. The Labute approximate surface area is 88.0 Å². The average molecular weight is 200 g/mol. The maximum absolute atomic E-state index is 9.83. The monoisotopic (exact) mass is 200 g/mol. The molecule has 0 aliphatic carbocycles. The van der Waals surface area contributed by atoms with E-state index in [1.807, 2.05) is 30.3 Å². The van der Waals surface area contributed by atoms with Crippen molar-refractivity contribution in [3.05, 3.63) is 42.5 Å². The highest BCUT2D eigenvalue weighted by Gasteiger charge is 2.08. The van der Waals surface area contributed by atoms with Gasteiger partial charge in [0.1, 0.15) is 5.75 Å². The van der Waals surface area contributed by atoms with Crippen molar-refractivity contribution in [2.45, 2.75) is 0 Å². The normalized spacial score (nSPS) is 10.1. The van der Waals surface area contributed by atoms with Crippen molar-refractivity contribution in [2.24, 2.45) is 0 Å². The van der Waals surface area contributed by atoms with Gasteiger partial charge in [0.15, 0.2) is 0 Å². The molecule has 0 heterocycles. The van der Waals surface area contributed by atoms with Gasteiger partial charge in [-0.3, -0.25) is 0 Å². The predicted octanol–water partition coefficient (Wildman–Crippen LogP) is 2.22. The van der Waals surface area contributed by atoms with Crippen LogP contribution in [-0.2, 0) is 0 Å². The van der Waals surface area contributed by atoms with Gasteiger partial charge in [0.2, 0.25) is 0 Å². The molecule has 0 fully saturated rings. The number of hydrogen-bond acceptors (Lipinski definition) is 3. The van der Waals surface area contributed by atoms with E-state index in [-0.39, 0.29) is 11.4 Å². The van der Waals surface area contributed by atoms with Gasteiger partial charge in [0.25, 0.3) is 0 Å². The third-order valence-electron chi connectivity index (χ3n) is 2.34. The second-order valence-corrected chi connectivity index (χ2v) is 3.33. The zero-order chi connectivity index (χ0) is 10.8. The van der Waals surface area contributed by atoms with E-state index in [4.69, 9.17) is 11.5 Å². The van der Waals surface area contributed by atoms with E-state index in [1.54, 1.807) is 12.1 Å². The summed E-state index contributed by atoms with van der Waals surface area (Å²) in [5.41, 5.74) is 13.5. The predicted molar refractivity (Wildman–Crippen MR) is 62.4 cm³/mol. The van der Waals surface area contributed by atoms with Crippen LogP contribution in [0.1, 0.15) is 0 Å². The number of nitrogen functional groups attached to an aromatic ring is 2. The molecule has 0 bridgehead atoms. The molecule has 0 saturated carbocycles. The molecule has 0 radical (unpaired) electrons. The largest absolute Gasteiger partial charge is 0.505 e. The molecule has 0 aliphatic rings. The van der Waals surface area contributed by atoms with Gasteiger partial charge in [0, 0.05) is 5.56 Å². The molecule has 0 spiro atoms. The highest BCUT2D eigenvalue weighted by Crippen LogP contribution is 2.36. The lowest BCUT2D eigenvalue weighted by Gasteiger charge is -2.08. The molecular formula is C12H12N2O. The minimum atomic E-state index is 0.0428. The number of phenolic OH excluding ortho intramolecular Hbond substituents is 1. The third kappa shape index (κ3) is 1.59. The summed E-state index contributed by atoms with van der Waals surface area (Å²) in [4.78, 5) is 0. The number of anilines is 2.